The lowest BCUT2D eigenvalue weighted by Gasteiger charge is -2.27. The van der Waals surface area contributed by atoms with Crippen LogP contribution in [0.5, 0.6) is 0 Å². The molecule has 1 aliphatic rings. The van der Waals surface area contributed by atoms with Crippen molar-refractivity contribution in [1.82, 2.24) is 4.90 Å². The molecule has 1 fully saturated rings. The zero-order valence-electron chi connectivity index (χ0n) is 8.43. The number of amides is 1. The van der Waals surface area contributed by atoms with E-state index in [1.165, 1.54) is 4.90 Å². The SMILES string of the molecule is CC(C)[C@@H](C(=O)O)N1CC[C@@H](N)C1=O. The van der Waals surface area contributed by atoms with Gasteiger partial charge in [0.1, 0.15) is 6.04 Å². The highest BCUT2D eigenvalue weighted by Gasteiger charge is 2.38. The normalized spacial score (nSPS) is 24.4. The Kier molecular flexibility index (Phi) is 3.10. The van der Waals surface area contributed by atoms with Crippen LogP contribution in [0.2, 0.25) is 0 Å². The van der Waals surface area contributed by atoms with Crippen LogP contribution in [0.1, 0.15) is 20.3 Å². The quantitative estimate of drug-likeness (QED) is 0.652. The van der Waals surface area contributed by atoms with Gasteiger partial charge in [-0.05, 0) is 12.3 Å². The van der Waals surface area contributed by atoms with E-state index in [0.717, 1.165) is 0 Å². The third-order valence-corrected chi connectivity index (χ3v) is 2.50. The van der Waals surface area contributed by atoms with E-state index in [4.69, 9.17) is 10.8 Å². The van der Waals surface area contributed by atoms with E-state index in [2.05, 4.69) is 0 Å². The van der Waals surface area contributed by atoms with Crippen molar-refractivity contribution in [3.8, 4) is 0 Å². The standard InChI is InChI=1S/C9H16N2O3/c1-5(2)7(9(13)14)11-4-3-6(10)8(11)12/h5-7H,3-4,10H2,1-2H3,(H,13,14)/t6-,7+/m1/s1. The highest BCUT2D eigenvalue weighted by Crippen LogP contribution is 2.18. The van der Waals surface area contributed by atoms with Crippen molar-refractivity contribution < 1.29 is 14.7 Å². The minimum absolute atomic E-state index is 0.0956. The first-order valence-electron chi connectivity index (χ1n) is 4.74. The average molecular weight is 200 g/mol. The molecule has 0 unspecified atom stereocenters. The van der Waals surface area contributed by atoms with Crippen molar-refractivity contribution in [2.75, 3.05) is 6.54 Å². The summed E-state index contributed by atoms with van der Waals surface area (Å²) < 4.78 is 0. The van der Waals surface area contributed by atoms with Crippen molar-refractivity contribution in [2.24, 2.45) is 11.7 Å². The number of nitrogens with zero attached hydrogens (tertiary/aromatic N) is 1. The highest BCUT2D eigenvalue weighted by atomic mass is 16.4. The molecule has 5 nitrogen and oxygen atoms in total. The summed E-state index contributed by atoms with van der Waals surface area (Å²) in [5.41, 5.74) is 5.52. The summed E-state index contributed by atoms with van der Waals surface area (Å²) in [7, 11) is 0. The van der Waals surface area contributed by atoms with Gasteiger partial charge in [-0.2, -0.15) is 0 Å². The van der Waals surface area contributed by atoms with Gasteiger partial charge in [0.15, 0.2) is 0 Å². The number of hydrogen-bond acceptors (Lipinski definition) is 3. The van der Waals surface area contributed by atoms with E-state index in [9.17, 15) is 9.59 Å². The van der Waals surface area contributed by atoms with E-state index in [-0.39, 0.29) is 11.8 Å². The van der Waals surface area contributed by atoms with Crippen LogP contribution in [0.4, 0.5) is 0 Å². The number of likely N-dealkylation sites (tertiary alicyclic amines) is 1. The first-order valence-corrected chi connectivity index (χ1v) is 4.74. The van der Waals surface area contributed by atoms with Crippen molar-refractivity contribution >= 4 is 11.9 Å². The lowest BCUT2D eigenvalue weighted by Crippen LogP contribution is -2.47. The number of carboxylic acids is 1. The van der Waals surface area contributed by atoms with Gasteiger partial charge in [0.05, 0.1) is 6.04 Å². The summed E-state index contributed by atoms with van der Waals surface area (Å²) >= 11 is 0. The van der Waals surface area contributed by atoms with E-state index >= 15 is 0 Å². The maximum absolute atomic E-state index is 11.5. The average Bonchev–Trinajstić information content (AvgIpc) is 2.35. The Bertz CT molecular complexity index is 252. The molecule has 0 radical (unpaired) electrons. The smallest absolute Gasteiger partial charge is 0.326 e. The minimum atomic E-state index is -0.956. The third kappa shape index (κ3) is 1.87. The fourth-order valence-electron chi connectivity index (χ4n) is 1.78. The number of carbonyl (C=O) groups is 2. The number of nitrogens with two attached hydrogens (primary N) is 1. The molecule has 3 N–H and O–H groups in total. The predicted molar refractivity (Wildman–Crippen MR) is 50.6 cm³/mol. The fraction of sp³-hybridized carbons (Fsp3) is 0.778. The largest absolute Gasteiger partial charge is 0.480 e. The minimum Gasteiger partial charge on any atom is -0.480 e. The zero-order chi connectivity index (χ0) is 10.9. The van der Waals surface area contributed by atoms with Gasteiger partial charge in [0.2, 0.25) is 5.91 Å². The molecule has 1 aliphatic heterocycles. The molecule has 1 amide bonds. The van der Waals surface area contributed by atoms with Crippen LogP contribution in [0.15, 0.2) is 0 Å². The highest BCUT2D eigenvalue weighted by molar-refractivity contribution is 5.88. The first-order chi connectivity index (χ1) is 6.45. The number of hydrogen-bond donors (Lipinski definition) is 2. The lowest BCUT2D eigenvalue weighted by atomic mass is 10.0. The van der Waals surface area contributed by atoms with Gasteiger partial charge in [-0.25, -0.2) is 4.79 Å². The maximum atomic E-state index is 11.5. The van der Waals surface area contributed by atoms with E-state index < -0.39 is 18.1 Å². The molecule has 0 spiro atoms. The van der Waals surface area contributed by atoms with Crippen LogP contribution in [0.25, 0.3) is 0 Å². The van der Waals surface area contributed by atoms with Gasteiger partial charge in [-0.1, -0.05) is 13.8 Å². The molecule has 5 heteroatoms. The van der Waals surface area contributed by atoms with Crippen LogP contribution in [0, 0.1) is 5.92 Å². The molecule has 1 rings (SSSR count). The number of rotatable bonds is 3. The molecule has 0 aromatic heterocycles. The topological polar surface area (TPSA) is 83.6 Å². The Hall–Kier alpha value is -1.10. The second-order valence-corrected chi connectivity index (χ2v) is 3.95. The van der Waals surface area contributed by atoms with Crippen LogP contribution in [0.3, 0.4) is 0 Å². The summed E-state index contributed by atoms with van der Waals surface area (Å²) in [6.07, 6.45) is 0.551. The van der Waals surface area contributed by atoms with Gasteiger partial charge in [0, 0.05) is 6.54 Å². The van der Waals surface area contributed by atoms with Gasteiger partial charge in [-0.3, -0.25) is 4.79 Å². The van der Waals surface area contributed by atoms with Crippen molar-refractivity contribution in [3.63, 3.8) is 0 Å². The van der Waals surface area contributed by atoms with Gasteiger partial charge in [0.25, 0.3) is 0 Å². The maximum Gasteiger partial charge on any atom is 0.326 e. The van der Waals surface area contributed by atoms with Crippen molar-refractivity contribution in [3.05, 3.63) is 0 Å². The van der Waals surface area contributed by atoms with Crippen LogP contribution < -0.4 is 5.73 Å². The third-order valence-electron chi connectivity index (χ3n) is 2.50. The molecule has 80 valence electrons. The molecule has 0 saturated carbocycles. The van der Waals surface area contributed by atoms with Crippen molar-refractivity contribution in [2.45, 2.75) is 32.4 Å². The van der Waals surface area contributed by atoms with Gasteiger partial charge in [-0.15, -0.1) is 0 Å². The van der Waals surface area contributed by atoms with Crippen LogP contribution in [-0.4, -0.2) is 40.5 Å². The summed E-state index contributed by atoms with van der Waals surface area (Å²) in [5, 5.41) is 8.97. The molecule has 1 saturated heterocycles. The summed E-state index contributed by atoms with van der Waals surface area (Å²) in [6, 6.07) is -1.26. The first kappa shape index (κ1) is 11.0. The predicted octanol–water partition coefficient (Wildman–Crippen LogP) is -0.345. The molecular weight excluding hydrogens is 184 g/mol. The molecule has 1 heterocycles. The Balaban J connectivity index is 2.80. The van der Waals surface area contributed by atoms with E-state index in [1.807, 2.05) is 0 Å². The van der Waals surface area contributed by atoms with Crippen LogP contribution >= 0.6 is 0 Å². The Morgan fingerprint density at radius 1 is 1.64 bits per heavy atom. The molecule has 0 aromatic carbocycles. The molecular formula is C9H16N2O3. The summed E-state index contributed by atoms with van der Waals surface area (Å²) in [6.45, 7) is 4.03. The molecule has 0 aromatic rings. The van der Waals surface area contributed by atoms with Crippen molar-refractivity contribution in [1.29, 1.82) is 0 Å². The van der Waals surface area contributed by atoms with Gasteiger partial charge >= 0.3 is 5.97 Å². The van der Waals surface area contributed by atoms with Crippen LogP contribution in [-0.2, 0) is 9.59 Å². The monoisotopic (exact) mass is 200 g/mol. The molecule has 2 atom stereocenters. The number of carboxylic acid groups (broad SMARTS) is 1. The fourth-order valence-corrected chi connectivity index (χ4v) is 1.78. The molecule has 0 bridgehead atoms. The number of carbonyl (C=O) groups excluding carboxylic acids is 1. The van der Waals surface area contributed by atoms with E-state index in [1.54, 1.807) is 13.8 Å². The molecule has 0 aliphatic carbocycles. The number of aliphatic carboxylic acids is 1. The second-order valence-electron chi connectivity index (χ2n) is 3.95. The Morgan fingerprint density at radius 3 is 2.50 bits per heavy atom. The van der Waals surface area contributed by atoms with E-state index in [0.29, 0.717) is 13.0 Å². The summed E-state index contributed by atoms with van der Waals surface area (Å²) in [4.78, 5) is 23.8. The Labute approximate surface area is 82.9 Å². The lowest BCUT2D eigenvalue weighted by molar-refractivity contribution is -0.150. The zero-order valence-corrected chi connectivity index (χ0v) is 8.43. The van der Waals surface area contributed by atoms with Gasteiger partial charge < -0.3 is 15.7 Å². The summed E-state index contributed by atoms with van der Waals surface area (Å²) in [5.74, 6) is -1.30. The Morgan fingerprint density at radius 2 is 2.21 bits per heavy atom. The second kappa shape index (κ2) is 3.96. The molecule has 14 heavy (non-hydrogen) atoms.